The number of piperidine rings is 1. The molecule has 0 aliphatic carbocycles. The molecule has 1 aliphatic rings. The molecule has 0 spiro atoms. The van der Waals surface area contributed by atoms with Crippen LogP contribution in [0.3, 0.4) is 0 Å². The van der Waals surface area contributed by atoms with E-state index in [1.165, 1.54) is 0 Å². The van der Waals surface area contributed by atoms with E-state index in [1.54, 1.807) is 17.3 Å². The highest BCUT2D eigenvalue weighted by atomic mass is 79.9. The molecule has 23 heavy (non-hydrogen) atoms. The van der Waals surface area contributed by atoms with Crippen LogP contribution in [-0.4, -0.2) is 43.5 Å². The van der Waals surface area contributed by atoms with E-state index in [0.29, 0.717) is 6.54 Å². The van der Waals surface area contributed by atoms with Crippen LogP contribution in [0.1, 0.15) is 39.7 Å². The first-order valence-corrected chi connectivity index (χ1v) is 8.57. The van der Waals surface area contributed by atoms with Gasteiger partial charge in [-0.3, -0.25) is 9.67 Å². The Labute approximate surface area is 143 Å². The van der Waals surface area contributed by atoms with Crippen molar-refractivity contribution in [1.82, 2.24) is 19.7 Å². The van der Waals surface area contributed by atoms with Crippen molar-refractivity contribution in [3.8, 4) is 0 Å². The number of halogens is 1. The molecular weight excluding hydrogens is 360 g/mol. The lowest BCUT2D eigenvalue weighted by Gasteiger charge is -2.46. The van der Waals surface area contributed by atoms with Crippen LogP contribution >= 0.6 is 15.9 Å². The quantitative estimate of drug-likeness (QED) is 0.813. The molecule has 1 N–H and O–H groups in total. The number of pyridine rings is 1. The Balaban J connectivity index is 2.13. The van der Waals surface area contributed by atoms with E-state index in [2.05, 4.69) is 46.8 Å². The van der Waals surface area contributed by atoms with Gasteiger partial charge >= 0.3 is 6.09 Å². The van der Waals surface area contributed by atoms with Crippen molar-refractivity contribution in [2.75, 3.05) is 6.54 Å². The molecule has 1 amide bonds. The minimum Gasteiger partial charge on any atom is -0.465 e. The van der Waals surface area contributed by atoms with Gasteiger partial charge in [0.25, 0.3) is 0 Å². The van der Waals surface area contributed by atoms with Crippen molar-refractivity contribution in [3.05, 3.63) is 23.1 Å². The Morgan fingerprint density at radius 1 is 1.43 bits per heavy atom. The lowest BCUT2D eigenvalue weighted by Crippen LogP contribution is -2.54. The van der Waals surface area contributed by atoms with Crippen LogP contribution in [0, 0.1) is 5.41 Å². The predicted octanol–water partition coefficient (Wildman–Crippen LogP) is 3.92. The SMILES string of the molecule is CC(C)(C)C1C(n2nc(Br)c3cnccc32)CCCN1C(=O)O. The second-order valence-corrected chi connectivity index (χ2v) is 7.88. The number of carboxylic acid groups (broad SMARTS) is 1. The summed E-state index contributed by atoms with van der Waals surface area (Å²) in [6.07, 6.45) is 4.43. The summed E-state index contributed by atoms with van der Waals surface area (Å²) in [7, 11) is 0. The third-order valence-electron chi connectivity index (χ3n) is 4.51. The molecule has 7 heteroatoms. The van der Waals surface area contributed by atoms with E-state index in [1.807, 2.05) is 10.7 Å². The van der Waals surface area contributed by atoms with Gasteiger partial charge in [-0.2, -0.15) is 5.10 Å². The average Bonchev–Trinajstić information content (AvgIpc) is 2.83. The maximum Gasteiger partial charge on any atom is 0.407 e. The van der Waals surface area contributed by atoms with E-state index >= 15 is 0 Å². The average molecular weight is 381 g/mol. The molecule has 3 rings (SSSR count). The van der Waals surface area contributed by atoms with Crippen LogP contribution in [-0.2, 0) is 0 Å². The second kappa shape index (κ2) is 5.78. The van der Waals surface area contributed by atoms with Crippen LogP contribution < -0.4 is 0 Å². The molecule has 0 saturated carbocycles. The van der Waals surface area contributed by atoms with Crippen molar-refractivity contribution in [2.45, 2.75) is 45.7 Å². The maximum atomic E-state index is 11.7. The van der Waals surface area contributed by atoms with E-state index < -0.39 is 6.09 Å². The van der Waals surface area contributed by atoms with E-state index in [-0.39, 0.29) is 17.5 Å². The molecule has 2 unspecified atom stereocenters. The van der Waals surface area contributed by atoms with Gasteiger partial charge in [-0.1, -0.05) is 20.8 Å². The van der Waals surface area contributed by atoms with Gasteiger partial charge in [0.15, 0.2) is 0 Å². The van der Waals surface area contributed by atoms with Gasteiger partial charge in [0.2, 0.25) is 0 Å². The highest BCUT2D eigenvalue weighted by Crippen LogP contribution is 2.40. The van der Waals surface area contributed by atoms with Gasteiger partial charge in [-0.15, -0.1) is 0 Å². The predicted molar refractivity (Wildman–Crippen MR) is 91.5 cm³/mol. The number of rotatable bonds is 1. The maximum absolute atomic E-state index is 11.7. The van der Waals surface area contributed by atoms with Crippen molar-refractivity contribution in [1.29, 1.82) is 0 Å². The number of hydrogen-bond donors (Lipinski definition) is 1. The Bertz CT molecular complexity index is 737. The van der Waals surface area contributed by atoms with E-state index in [4.69, 9.17) is 0 Å². The minimum absolute atomic E-state index is 0.0102. The molecule has 0 radical (unpaired) electrons. The van der Waals surface area contributed by atoms with Gasteiger partial charge in [-0.25, -0.2) is 4.79 Å². The van der Waals surface area contributed by atoms with Gasteiger partial charge in [0.1, 0.15) is 4.60 Å². The standard InChI is InChI=1S/C16H21BrN4O2/c1-16(2,3)13-12(5-4-8-20(13)15(22)23)21-11-6-7-18-9-10(11)14(17)19-21/h6-7,9,12-13H,4-5,8H2,1-3H3,(H,22,23). The fraction of sp³-hybridized carbons (Fsp3) is 0.562. The summed E-state index contributed by atoms with van der Waals surface area (Å²) in [5, 5.41) is 15.2. The molecule has 2 aromatic heterocycles. The minimum atomic E-state index is -0.855. The molecule has 6 nitrogen and oxygen atoms in total. The number of amides is 1. The fourth-order valence-electron chi connectivity index (χ4n) is 3.69. The monoisotopic (exact) mass is 380 g/mol. The molecule has 124 valence electrons. The van der Waals surface area contributed by atoms with E-state index in [0.717, 1.165) is 28.3 Å². The number of likely N-dealkylation sites (tertiary alicyclic amines) is 1. The zero-order chi connectivity index (χ0) is 16.8. The smallest absolute Gasteiger partial charge is 0.407 e. The van der Waals surface area contributed by atoms with Crippen molar-refractivity contribution < 1.29 is 9.90 Å². The Morgan fingerprint density at radius 2 is 2.17 bits per heavy atom. The van der Waals surface area contributed by atoms with Crippen molar-refractivity contribution in [2.24, 2.45) is 5.41 Å². The van der Waals surface area contributed by atoms with Crippen molar-refractivity contribution >= 4 is 32.9 Å². The van der Waals surface area contributed by atoms with Crippen LogP contribution in [0.5, 0.6) is 0 Å². The first kappa shape index (κ1) is 16.2. The van der Waals surface area contributed by atoms with E-state index in [9.17, 15) is 9.90 Å². The number of carbonyl (C=O) groups is 1. The Morgan fingerprint density at radius 3 is 2.83 bits per heavy atom. The number of nitrogens with zero attached hydrogens (tertiary/aromatic N) is 4. The van der Waals surface area contributed by atoms with Crippen molar-refractivity contribution in [3.63, 3.8) is 0 Å². The summed E-state index contributed by atoms with van der Waals surface area (Å²) in [4.78, 5) is 17.5. The van der Waals surface area contributed by atoms with Gasteiger partial charge in [0, 0.05) is 18.9 Å². The Kier molecular flexibility index (Phi) is 4.08. The zero-order valence-electron chi connectivity index (χ0n) is 13.5. The van der Waals surface area contributed by atoms with Crippen LogP contribution in [0.15, 0.2) is 23.1 Å². The zero-order valence-corrected chi connectivity index (χ0v) is 15.1. The first-order chi connectivity index (χ1) is 10.8. The summed E-state index contributed by atoms with van der Waals surface area (Å²) in [6.45, 7) is 6.85. The molecule has 1 fully saturated rings. The summed E-state index contributed by atoms with van der Waals surface area (Å²) < 4.78 is 2.73. The molecule has 2 aromatic rings. The summed E-state index contributed by atoms with van der Waals surface area (Å²) in [5.41, 5.74) is 0.805. The normalized spacial score (nSPS) is 22.5. The summed E-state index contributed by atoms with van der Waals surface area (Å²) in [5.74, 6) is 0. The first-order valence-electron chi connectivity index (χ1n) is 7.78. The third kappa shape index (κ3) is 2.82. The van der Waals surface area contributed by atoms with Gasteiger partial charge in [0.05, 0.1) is 23.0 Å². The molecule has 2 atom stereocenters. The summed E-state index contributed by atoms with van der Waals surface area (Å²) in [6, 6.07) is 1.82. The van der Waals surface area contributed by atoms with Crippen LogP contribution in [0.2, 0.25) is 0 Å². The molecule has 0 aromatic carbocycles. The third-order valence-corrected chi connectivity index (χ3v) is 5.09. The number of aromatic nitrogens is 3. The number of hydrogen-bond acceptors (Lipinski definition) is 3. The summed E-state index contributed by atoms with van der Waals surface area (Å²) >= 11 is 3.50. The topological polar surface area (TPSA) is 71.2 Å². The molecule has 1 saturated heterocycles. The largest absolute Gasteiger partial charge is 0.465 e. The van der Waals surface area contributed by atoms with Crippen LogP contribution in [0.25, 0.3) is 10.9 Å². The van der Waals surface area contributed by atoms with Gasteiger partial charge < -0.3 is 10.0 Å². The molecular formula is C16H21BrN4O2. The fourth-order valence-corrected chi connectivity index (χ4v) is 4.17. The lowest BCUT2D eigenvalue weighted by molar-refractivity contribution is 0.0249. The molecule has 3 heterocycles. The lowest BCUT2D eigenvalue weighted by atomic mass is 9.77. The second-order valence-electron chi connectivity index (χ2n) is 7.12. The number of fused-ring (bicyclic) bond motifs is 1. The molecule has 1 aliphatic heterocycles. The molecule has 0 bridgehead atoms. The highest BCUT2D eigenvalue weighted by molar-refractivity contribution is 9.10. The van der Waals surface area contributed by atoms with Gasteiger partial charge in [-0.05, 0) is 40.3 Å². The van der Waals surface area contributed by atoms with Crippen LogP contribution in [0.4, 0.5) is 4.79 Å². The highest BCUT2D eigenvalue weighted by Gasteiger charge is 2.43. The Hall–Kier alpha value is -1.63.